The van der Waals surface area contributed by atoms with Crippen molar-refractivity contribution in [2.75, 3.05) is 25.0 Å². The lowest BCUT2D eigenvalue weighted by molar-refractivity contribution is -0.118. The molecule has 104 valence electrons. The summed E-state index contributed by atoms with van der Waals surface area (Å²) in [6.45, 7) is 0.868. The molecule has 0 radical (unpaired) electrons. The summed E-state index contributed by atoms with van der Waals surface area (Å²) in [6.07, 6.45) is 4.97. The minimum absolute atomic E-state index is 0.0669. The number of nitrogens with one attached hydrogen (secondary N) is 1. The van der Waals surface area contributed by atoms with Crippen LogP contribution in [0.15, 0.2) is 18.3 Å². The van der Waals surface area contributed by atoms with Gasteiger partial charge in [0.25, 0.3) is 0 Å². The number of rotatable bonds is 6. The zero-order valence-electron chi connectivity index (χ0n) is 10.7. The summed E-state index contributed by atoms with van der Waals surface area (Å²) in [6, 6.07) is 3.86. The molecular weight excluding hydrogens is 266 g/mol. The van der Waals surface area contributed by atoms with Crippen LogP contribution in [0.4, 0.5) is 5.69 Å². The Bertz CT molecular complexity index is 438. The minimum Gasteiger partial charge on any atom is -0.395 e. The molecule has 0 aliphatic heterocycles. The van der Waals surface area contributed by atoms with E-state index in [0.717, 1.165) is 12.8 Å². The lowest BCUT2D eigenvalue weighted by Gasteiger charge is -2.36. The lowest BCUT2D eigenvalue weighted by Crippen LogP contribution is -2.45. The summed E-state index contributed by atoms with van der Waals surface area (Å²) in [7, 11) is 0. The van der Waals surface area contributed by atoms with Crippen molar-refractivity contribution in [3.05, 3.63) is 23.5 Å². The number of aromatic nitrogens is 1. The molecule has 0 saturated heterocycles. The van der Waals surface area contributed by atoms with Gasteiger partial charge < -0.3 is 10.4 Å². The van der Waals surface area contributed by atoms with E-state index in [1.54, 1.807) is 18.3 Å². The van der Waals surface area contributed by atoms with Gasteiger partial charge in [-0.2, -0.15) is 0 Å². The van der Waals surface area contributed by atoms with Gasteiger partial charge in [0, 0.05) is 18.8 Å². The van der Waals surface area contributed by atoms with E-state index in [1.807, 2.05) is 4.90 Å². The van der Waals surface area contributed by atoms with Crippen LogP contribution in [0.1, 0.15) is 19.3 Å². The first kappa shape index (κ1) is 14.2. The van der Waals surface area contributed by atoms with E-state index >= 15 is 0 Å². The van der Waals surface area contributed by atoms with Crippen molar-refractivity contribution in [1.82, 2.24) is 9.88 Å². The highest BCUT2D eigenvalue weighted by atomic mass is 35.5. The number of anilines is 1. The Hall–Kier alpha value is -1.17. The fraction of sp³-hybridized carbons (Fsp3) is 0.538. The number of carbonyl (C=O) groups excluding carboxylic acids is 1. The van der Waals surface area contributed by atoms with Crippen molar-refractivity contribution < 1.29 is 9.90 Å². The molecule has 1 aromatic heterocycles. The van der Waals surface area contributed by atoms with Gasteiger partial charge in [-0.05, 0) is 25.0 Å². The molecule has 0 bridgehead atoms. The van der Waals surface area contributed by atoms with E-state index in [2.05, 4.69) is 10.3 Å². The van der Waals surface area contributed by atoms with Gasteiger partial charge in [0.05, 0.1) is 18.8 Å². The van der Waals surface area contributed by atoms with Gasteiger partial charge in [0.2, 0.25) is 5.91 Å². The SMILES string of the molecule is O=C(CN(CCO)C1CCC1)Nc1cccnc1Cl. The third-order valence-electron chi connectivity index (χ3n) is 3.36. The number of nitrogens with zero attached hydrogens (tertiary/aromatic N) is 2. The Balaban J connectivity index is 1.90. The predicted octanol–water partition coefficient (Wildman–Crippen LogP) is 1.52. The third kappa shape index (κ3) is 3.89. The first-order valence-electron chi connectivity index (χ1n) is 6.46. The zero-order valence-corrected chi connectivity index (χ0v) is 11.4. The van der Waals surface area contributed by atoms with Gasteiger partial charge in [0.15, 0.2) is 5.15 Å². The van der Waals surface area contributed by atoms with Crippen LogP contribution < -0.4 is 5.32 Å². The molecule has 19 heavy (non-hydrogen) atoms. The highest BCUT2D eigenvalue weighted by Crippen LogP contribution is 2.24. The second kappa shape index (κ2) is 6.84. The largest absolute Gasteiger partial charge is 0.395 e. The molecule has 1 saturated carbocycles. The summed E-state index contributed by atoms with van der Waals surface area (Å²) >= 11 is 5.89. The molecule has 0 aromatic carbocycles. The van der Waals surface area contributed by atoms with Gasteiger partial charge in [-0.3, -0.25) is 9.69 Å². The number of hydrogen-bond acceptors (Lipinski definition) is 4. The summed E-state index contributed by atoms with van der Waals surface area (Å²) in [5, 5.41) is 12.1. The fourth-order valence-corrected chi connectivity index (χ4v) is 2.29. The average molecular weight is 284 g/mol. The molecule has 5 nitrogen and oxygen atoms in total. The maximum absolute atomic E-state index is 12.0. The van der Waals surface area contributed by atoms with Crippen LogP contribution in [0.3, 0.4) is 0 Å². The molecule has 0 spiro atoms. The van der Waals surface area contributed by atoms with Crippen molar-refractivity contribution in [3.8, 4) is 0 Å². The Morgan fingerprint density at radius 2 is 2.37 bits per heavy atom. The van der Waals surface area contributed by atoms with Crippen LogP contribution in [0.5, 0.6) is 0 Å². The summed E-state index contributed by atoms with van der Waals surface area (Å²) in [4.78, 5) is 17.9. The number of aliphatic hydroxyl groups is 1. The van der Waals surface area contributed by atoms with Gasteiger partial charge >= 0.3 is 0 Å². The minimum atomic E-state index is -0.129. The summed E-state index contributed by atoms with van der Waals surface area (Å²) in [5.74, 6) is -0.129. The standard InChI is InChI=1S/C13H18ClN3O2/c14-13-11(5-2-6-15-13)16-12(19)9-17(7-8-18)10-3-1-4-10/h2,5-6,10,18H,1,3-4,7-9H2,(H,16,19). The number of carbonyl (C=O) groups is 1. The van der Waals surface area contributed by atoms with E-state index in [-0.39, 0.29) is 24.2 Å². The predicted molar refractivity (Wildman–Crippen MR) is 74.2 cm³/mol. The molecule has 1 fully saturated rings. The molecule has 1 heterocycles. The number of aliphatic hydroxyl groups excluding tert-OH is 1. The highest BCUT2D eigenvalue weighted by Gasteiger charge is 2.26. The van der Waals surface area contributed by atoms with Gasteiger partial charge in [-0.25, -0.2) is 4.98 Å². The van der Waals surface area contributed by atoms with Gasteiger partial charge in [-0.1, -0.05) is 18.0 Å². The Morgan fingerprint density at radius 3 is 2.95 bits per heavy atom. The molecule has 1 aliphatic rings. The van der Waals surface area contributed by atoms with E-state index in [0.29, 0.717) is 18.3 Å². The van der Waals surface area contributed by atoms with Crippen LogP contribution in [0.2, 0.25) is 5.15 Å². The molecule has 0 atom stereocenters. The average Bonchev–Trinajstić information content (AvgIpc) is 2.30. The highest BCUT2D eigenvalue weighted by molar-refractivity contribution is 6.32. The third-order valence-corrected chi connectivity index (χ3v) is 3.66. The van der Waals surface area contributed by atoms with E-state index < -0.39 is 0 Å². The topological polar surface area (TPSA) is 65.5 Å². The first-order valence-corrected chi connectivity index (χ1v) is 6.84. The van der Waals surface area contributed by atoms with Crippen LogP contribution in [-0.4, -0.2) is 46.6 Å². The molecule has 2 N–H and O–H groups in total. The Morgan fingerprint density at radius 1 is 1.58 bits per heavy atom. The van der Waals surface area contributed by atoms with Crippen LogP contribution in [0, 0.1) is 0 Å². The van der Waals surface area contributed by atoms with E-state index in [4.69, 9.17) is 16.7 Å². The van der Waals surface area contributed by atoms with E-state index in [1.165, 1.54) is 6.42 Å². The van der Waals surface area contributed by atoms with Crippen molar-refractivity contribution in [2.45, 2.75) is 25.3 Å². The maximum atomic E-state index is 12.0. The monoisotopic (exact) mass is 283 g/mol. The number of hydrogen-bond donors (Lipinski definition) is 2. The molecule has 0 unspecified atom stereocenters. The van der Waals surface area contributed by atoms with Gasteiger partial charge in [0.1, 0.15) is 0 Å². The summed E-state index contributed by atoms with van der Waals surface area (Å²) < 4.78 is 0. The fourth-order valence-electron chi connectivity index (χ4n) is 2.12. The first-order chi connectivity index (χ1) is 9.20. The molecule has 1 amide bonds. The number of amides is 1. The van der Waals surface area contributed by atoms with Crippen molar-refractivity contribution in [2.24, 2.45) is 0 Å². The maximum Gasteiger partial charge on any atom is 0.238 e. The van der Waals surface area contributed by atoms with Crippen LogP contribution >= 0.6 is 11.6 Å². The molecule has 6 heteroatoms. The van der Waals surface area contributed by atoms with Crippen LogP contribution in [0.25, 0.3) is 0 Å². The quantitative estimate of drug-likeness (QED) is 0.777. The normalized spacial score (nSPS) is 15.3. The number of halogens is 1. The van der Waals surface area contributed by atoms with Gasteiger partial charge in [-0.15, -0.1) is 0 Å². The number of pyridine rings is 1. The van der Waals surface area contributed by atoms with Crippen molar-refractivity contribution in [3.63, 3.8) is 0 Å². The second-order valence-corrected chi connectivity index (χ2v) is 5.03. The van der Waals surface area contributed by atoms with Crippen LogP contribution in [-0.2, 0) is 4.79 Å². The lowest BCUT2D eigenvalue weighted by atomic mass is 9.91. The second-order valence-electron chi connectivity index (χ2n) is 4.67. The smallest absolute Gasteiger partial charge is 0.238 e. The molecular formula is C13H18ClN3O2. The van der Waals surface area contributed by atoms with Crippen molar-refractivity contribution in [1.29, 1.82) is 0 Å². The van der Waals surface area contributed by atoms with Crippen molar-refractivity contribution >= 4 is 23.2 Å². The summed E-state index contributed by atoms with van der Waals surface area (Å²) in [5.41, 5.74) is 0.520. The Labute approximate surface area is 117 Å². The zero-order chi connectivity index (χ0) is 13.7. The molecule has 1 aromatic rings. The van der Waals surface area contributed by atoms with E-state index in [9.17, 15) is 4.79 Å². The molecule has 1 aliphatic carbocycles. The Kier molecular flexibility index (Phi) is 5.13. The molecule has 2 rings (SSSR count).